The lowest BCUT2D eigenvalue weighted by Gasteiger charge is -2.23. The van der Waals surface area contributed by atoms with E-state index in [1.807, 2.05) is 37.1 Å². The number of rotatable bonds is 10. The molecule has 1 aromatic carbocycles. The second-order valence-corrected chi connectivity index (χ2v) is 7.66. The van der Waals surface area contributed by atoms with Crippen LogP contribution in [0, 0.1) is 0 Å². The number of ether oxygens (including phenoxy) is 2. The van der Waals surface area contributed by atoms with Crippen LogP contribution in [-0.2, 0) is 16.6 Å². The Hall–Kier alpha value is -1.27. The van der Waals surface area contributed by atoms with Crippen molar-refractivity contribution >= 4 is 40.0 Å². The standard InChI is InChI=1S/C17H30N4O4S.HI/c1-6-18-17(19-10-11-20-26(22,23)7-2)21(3)13-14-8-9-15(24-4)12-16(14)25-5;/h8-9,12,20H,6-7,10-11,13H2,1-5H3,(H,18,19);1H. The molecule has 1 rings (SSSR count). The van der Waals surface area contributed by atoms with Crippen molar-refractivity contribution in [3.05, 3.63) is 23.8 Å². The van der Waals surface area contributed by atoms with E-state index in [1.165, 1.54) is 0 Å². The van der Waals surface area contributed by atoms with Gasteiger partial charge in [0.1, 0.15) is 11.5 Å². The van der Waals surface area contributed by atoms with Crippen LogP contribution in [0.5, 0.6) is 11.5 Å². The minimum absolute atomic E-state index is 0. The van der Waals surface area contributed by atoms with Crippen LogP contribution in [0.3, 0.4) is 0 Å². The van der Waals surface area contributed by atoms with E-state index in [1.54, 1.807) is 21.1 Å². The summed E-state index contributed by atoms with van der Waals surface area (Å²) in [7, 11) is 1.96. The second kappa shape index (κ2) is 13.0. The molecule has 10 heteroatoms. The van der Waals surface area contributed by atoms with Crippen LogP contribution < -0.4 is 19.5 Å². The first kappa shape index (κ1) is 25.7. The molecule has 0 aliphatic carbocycles. The molecule has 0 aliphatic rings. The van der Waals surface area contributed by atoms with Crippen molar-refractivity contribution in [1.82, 2.24) is 14.9 Å². The van der Waals surface area contributed by atoms with E-state index in [9.17, 15) is 8.42 Å². The van der Waals surface area contributed by atoms with Gasteiger partial charge in [-0.05, 0) is 26.0 Å². The monoisotopic (exact) mass is 514 g/mol. The van der Waals surface area contributed by atoms with Gasteiger partial charge in [0, 0.05) is 38.3 Å². The van der Waals surface area contributed by atoms with Crippen molar-refractivity contribution in [2.45, 2.75) is 20.4 Å². The number of nitrogens with zero attached hydrogens (tertiary/aromatic N) is 2. The van der Waals surface area contributed by atoms with Gasteiger partial charge in [0.25, 0.3) is 0 Å². The van der Waals surface area contributed by atoms with Crippen LogP contribution in [0.2, 0.25) is 0 Å². The summed E-state index contributed by atoms with van der Waals surface area (Å²) in [6.07, 6.45) is 0. The molecule has 2 N–H and O–H groups in total. The number of halogens is 1. The molecule has 27 heavy (non-hydrogen) atoms. The molecule has 8 nitrogen and oxygen atoms in total. The first-order valence-electron chi connectivity index (χ1n) is 8.54. The summed E-state index contributed by atoms with van der Waals surface area (Å²) in [5.74, 6) is 2.23. The highest BCUT2D eigenvalue weighted by Gasteiger charge is 2.11. The summed E-state index contributed by atoms with van der Waals surface area (Å²) < 4.78 is 36.1. The molecule has 156 valence electrons. The highest BCUT2D eigenvalue weighted by Crippen LogP contribution is 2.25. The van der Waals surface area contributed by atoms with Gasteiger partial charge in [0.2, 0.25) is 10.0 Å². The Morgan fingerprint density at radius 1 is 1.22 bits per heavy atom. The van der Waals surface area contributed by atoms with Gasteiger partial charge in [-0.25, -0.2) is 13.1 Å². The SMILES string of the molecule is CCNC(=NCCNS(=O)(=O)CC)N(C)Cc1ccc(OC)cc1OC.I. The summed E-state index contributed by atoms with van der Waals surface area (Å²) in [5.41, 5.74) is 0.994. The van der Waals surface area contributed by atoms with Crippen molar-refractivity contribution < 1.29 is 17.9 Å². The average Bonchev–Trinajstić information content (AvgIpc) is 2.64. The van der Waals surface area contributed by atoms with E-state index in [2.05, 4.69) is 15.0 Å². The third-order valence-corrected chi connectivity index (χ3v) is 5.08. The van der Waals surface area contributed by atoms with Crippen molar-refractivity contribution in [1.29, 1.82) is 0 Å². The fraction of sp³-hybridized carbons (Fsp3) is 0.588. The molecule has 0 atom stereocenters. The molecular formula is C17H31IN4O4S. The van der Waals surface area contributed by atoms with Crippen LogP contribution in [0.1, 0.15) is 19.4 Å². The second-order valence-electron chi connectivity index (χ2n) is 5.57. The lowest BCUT2D eigenvalue weighted by atomic mass is 10.2. The minimum atomic E-state index is -3.20. The van der Waals surface area contributed by atoms with Crippen LogP contribution in [0.15, 0.2) is 23.2 Å². The maximum Gasteiger partial charge on any atom is 0.211 e. The molecule has 0 bridgehead atoms. The van der Waals surface area contributed by atoms with Crippen LogP contribution in [0.4, 0.5) is 0 Å². The molecule has 0 radical (unpaired) electrons. The number of nitrogens with one attached hydrogen (secondary N) is 2. The van der Waals surface area contributed by atoms with Gasteiger partial charge < -0.3 is 19.7 Å². The quantitative estimate of drug-likeness (QED) is 0.214. The van der Waals surface area contributed by atoms with E-state index in [-0.39, 0.29) is 36.3 Å². The Labute approximate surface area is 179 Å². The fourth-order valence-corrected chi connectivity index (χ4v) is 2.85. The molecule has 0 aliphatic heterocycles. The van der Waals surface area contributed by atoms with E-state index in [0.717, 1.165) is 17.1 Å². The first-order chi connectivity index (χ1) is 12.4. The molecule has 0 amide bonds. The molecule has 0 fully saturated rings. The number of benzene rings is 1. The summed E-state index contributed by atoms with van der Waals surface area (Å²) >= 11 is 0. The average molecular weight is 514 g/mol. The van der Waals surface area contributed by atoms with Crippen molar-refractivity contribution in [3.63, 3.8) is 0 Å². The van der Waals surface area contributed by atoms with E-state index in [0.29, 0.717) is 25.6 Å². The number of methoxy groups -OCH3 is 2. The molecule has 0 aromatic heterocycles. The zero-order valence-corrected chi connectivity index (χ0v) is 19.8. The van der Waals surface area contributed by atoms with Crippen molar-refractivity contribution in [3.8, 4) is 11.5 Å². The number of hydrogen-bond donors (Lipinski definition) is 2. The molecular weight excluding hydrogens is 483 g/mol. The summed E-state index contributed by atoms with van der Waals surface area (Å²) in [4.78, 5) is 6.44. The summed E-state index contributed by atoms with van der Waals surface area (Å²) in [5, 5.41) is 3.21. The fourth-order valence-electron chi connectivity index (χ4n) is 2.25. The van der Waals surface area contributed by atoms with E-state index >= 15 is 0 Å². The molecule has 1 aromatic rings. The van der Waals surface area contributed by atoms with Gasteiger partial charge in [0.15, 0.2) is 5.96 Å². The van der Waals surface area contributed by atoms with E-state index < -0.39 is 10.0 Å². The van der Waals surface area contributed by atoms with E-state index in [4.69, 9.17) is 9.47 Å². The van der Waals surface area contributed by atoms with Crippen molar-refractivity contribution in [2.24, 2.45) is 4.99 Å². The smallest absolute Gasteiger partial charge is 0.211 e. The molecule has 0 unspecified atom stereocenters. The third-order valence-electron chi connectivity index (χ3n) is 3.67. The largest absolute Gasteiger partial charge is 0.497 e. The van der Waals surface area contributed by atoms with Gasteiger partial charge >= 0.3 is 0 Å². The number of guanidine groups is 1. The summed E-state index contributed by atoms with van der Waals surface area (Å²) in [6.45, 7) is 5.50. The predicted molar refractivity (Wildman–Crippen MR) is 120 cm³/mol. The highest BCUT2D eigenvalue weighted by atomic mass is 127. The maximum atomic E-state index is 11.5. The van der Waals surface area contributed by atoms with Gasteiger partial charge in [-0.1, -0.05) is 0 Å². The van der Waals surface area contributed by atoms with Gasteiger partial charge in [0.05, 0.1) is 26.5 Å². The zero-order chi connectivity index (χ0) is 19.6. The van der Waals surface area contributed by atoms with Crippen molar-refractivity contribution in [2.75, 3.05) is 46.7 Å². The molecule has 0 saturated heterocycles. The maximum absolute atomic E-state index is 11.5. The van der Waals surface area contributed by atoms with Gasteiger partial charge in [-0.15, -0.1) is 24.0 Å². The normalized spacial score (nSPS) is 11.5. The summed E-state index contributed by atoms with van der Waals surface area (Å²) in [6, 6.07) is 5.68. The minimum Gasteiger partial charge on any atom is -0.497 e. The lowest BCUT2D eigenvalue weighted by Crippen LogP contribution is -2.39. The third kappa shape index (κ3) is 8.98. The molecule has 0 heterocycles. The Bertz CT molecular complexity index is 698. The Kier molecular flexibility index (Phi) is 12.4. The molecule has 0 saturated carbocycles. The number of sulfonamides is 1. The number of hydrogen-bond acceptors (Lipinski definition) is 5. The topological polar surface area (TPSA) is 92.3 Å². The Balaban J connectivity index is 0.00000676. The Morgan fingerprint density at radius 2 is 1.93 bits per heavy atom. The predicted octanol–water partition coefficient (Wildman–Crippen LogP) is 1.66. The first-order valence-corrected chi connectivity index (χ1v) is 10.2. The zero-order valence-electron chi connectivity index (χ0n) is 16.6. The van der Waals surface area contributed by atoms with Crippen LogP contribution in [0.25, 0.3) is 0 Å². The highest BCUT2D eigenvalue weighted by molar-refractivity contribution is 14.0. The van der Waals surface area contributed by atoms with Gasteiger partial charge in [-0.2, -0.15) is 0 Å². The Morgan fingerprint density at radius 3 is 2.48 bits per heavy atom. The molecule has 0 spiro atoms. The van der Waals surface area contributed by atoms with Crippen LogP contribution >= 0.6 is 24.0 Å². The number of aliphatic imine (C=N–C) groups is 1. The van der Waals surface area contributed by atoms with Gasteiger partial charge in [-0.3, -0.25) is 4.99 Å². The lowest BCUT2D eigenvalue weighted by molar-refractivity contribution is 0.382. The van der Waals surface area contributed by atoms with Crippen LogP contribution in [-0.4, -0.2) is 65.9 Å².